The first-order valence-electron chi connectivity index (χ1n) is 7.61. The van der Waals surface area contributed by atoms with Gasteiger partial charge in [-0.15, -0.1) is 0 Å². The van der Waals surface area contributed by atoms with Crippen LogP contribution in [0.5, 0.6) is 0 Å². The fourth-order valence-corrected chi connectivity index (χ4v) is 3.09. The largest absolute Gasteiger partial charge is 0.432 e. The van der Waals surface area contributed by atoms with Crippen LogP contribution in [0.4, 0.5) is 5.69 Å². The molecule has 0 aliphatic carbocycles. The van der Waals surface area contributed by atoms with Gasteiger partial charge in [0.15, 0.2) is 8.32 Å². The molecule has 0 bridgehead atoms. The third-order valence-corrected chi connectivity index (χ3v) is 8.15. The van der Waals surface area contributed by atoms with Crippen LogP contribution in [-0.4, -0.2) is 24.6 Å². The van der Waals surface area contributed by atoms with Crippen LogP contribution in [-0.2, 0) is 0 Å². The number of nitrogens with zero attached hydrogens (tertiary/aromatic N) is 1. The number of para-hydroxylation sites is 1. The highest BCUT2D eigenvalue weighted by Crippen LogP contribution is 2.39. The number of aromatic nitrogens is 1. The van der Waals surface area contributed by atoms with Gasteiger partial charge in [-0.25, -0.2) is 0 Å². The molecule has 4 heteroatoms. The van der Waals surface area contributed by atoms with Crippen LogP contribution in [0.25, 0.3) is 10.9 Å². The van der Waals surface area contributed by atoms with Crippen LogP contribution >= 0.6 is 0 Å². The molecule has 0 fully saturated rings. The highest BCUT2D eigenvalue weighted by Gasteiger charge is 2.37. The molecule has 0 unspecified atom stereocenters. The standard InChI is InChI=1S/C17H26N2OSi/c1-17(2,21(3,4)20)11-7-13-18-15-10-5-8-14-9-6-12-19-16(14)15/h5-6,8-10,12,18,20H,7,11,13H2,1-4H3. The Hall–Kier alpha value is -1.39. The molecule has 2 rings (SSSR count). The van der Waals surface area contributed by atoms with E-state index in [1.807, 2.05) is 25.4 Å². The number of anilines is 1. The van der Waals surface area contributed by atoms with Crippen LogP contribution in [0.2, 0.25) is 18.1 Å². The summed E-state index contributed by atoms with van der Waals surface area (Å²) < 4.78 is 0. The van der Waals surface area contributed by atoms with E-state index in [1.165, 1.54) is 0 Å². The Morgan fingerprint density at radius 2 is 1.90 bits per heavy atom. The van der Waals surface area contributed by atoms with E-state index in [9.17, 15) is 4.80 Å². The molecular formula is C17H26N2OSi. The average Bonchev–Trinajstić information content (AvgIpc) is 2.42. The smallest absolute Gasteiger partial charge is 0.188 e. The molecule has 0 atom stereocenters. The van der Waals surface area contributed by atoms with Crippen LogP contribution in [0.15, 0.2) is 36.5 Å². The Morgan fingerprint density at radius 1 is 1.19 bits per heavy atom. The molecule has 1 aromatic carbocycles. The van der Waals surface area contributed by atoms with E-state index in [-0.39, 0.29) is 5.04 Å². The normalized spacial score (nSPS) is 12.6. The maximum Gasteiger partial charge on any atom is 0.188 e. The molecule has 114 valence electrons. The van der Waals surface area contributed by atoms with Gasteiger partial charge in [-0.3, -0.25) is 4.98 Å². The third-order valence-electron chi connectivity index (χ3n) is 4.58. The lowest BCUT2D eigenvalue weighted by Gasteiger charge is -2.35. The van der Waals surface area contributed by atoms with E-state index in [0.717, 1.165) is 36.0 Å². The Labute approximate surface area is 128 Å². The number of hydrogen-bond donors (Lipinski definition) is 2. The van der Waals surface area contributed by atoms with Crippen molar-refractivity contribution in [2.45, 2.75) is 44.8 Å². The average molecular weight is 302 g/mol. The van der Waals surface area contributed by atoms with Crippen molar-refractivity contribution < 1.29 is 4.80 Å². The van der Waals surface area contributed by atoms with Gasteiger partial charge in [0.1, 0.15) is 0 Å². The molecule has 0 spiro atoms. The zero-order chi connectivity index (χ0) is 15.5. The van der Waals surface area contributed by atoms with Gasteiger partial charge in [0.25, 0.3) is 0 Å². The number of pyridine rings is 1. The van der Waals surface area contributed by atoms with Crippen molar-refractivity contribution >= 4 is 24.9 Å². The van der Waals surface area contributed by atoms with E-state index in [0.29, 0.717) is 0 Å². The molecule has 21 heavy (non-hydrogen) atoms. The van der Waals surface area contributed by atoms with Gasteiger partial charge >= 0.3 is 0 Å². The van der Waals surface area contributed by atoms with Gasteiger partial charge < -0.3 is 10.1 Å². The van der Waals surface area contributed by atoms with E-state index >= 15 is 0 Å². The zero-order valence-electron chi connectivity index (χ0n) is 13.5. The van der Waals surface area contributed by atoms with Gasteiger partial charge in [0.2, 0.25) is 0 Å². The lowest BCUT2D eigenvalue weighted by atomic mass is 10.1. The lowest BCUT2D eigenvalue weighted by Crippen LogP contribution is -2.39. The zero-order valence-corrected chi connectivity index (χ0v) is 14.5. The second kappa shape index (κ2) is 6.16. The molecule has 3 nitrogen and oxygen atoms in total. The molecular weight excluding hydrogens is 276 g/mol. The van der Waals surface area contributed by atoms with Crippen molar-refractivity contribution in [1.29, 1.82) is 0 Å². The van der Waals surface area contributed by atoms with Gasteiger partial charge in [0, 0.05) is 18.1 Å². The second-order valence-corrected chi connectivity index (χ2v) is 11.3. The Kier molecular flexibility index (Phi) is 4.69. The summed E-state index contributed by atoms with van der Waals surface area (Å²) in [5, 5.41) is 4.69. The van der Waals surface area contributed by atoms with E-state index in [2.05, 4.69) is 48.4 Å². The van der Waals surface area contributed by atoms with Crippen LogP contribution in [0.3, 0.4) is 0 Å². The van der Waals surface area contributed by atoms with E-state index in [1.54, 1.807) is 0 Å². The minimum Gasteiger partial charge on any atom is -0.432 e. The molecule has 0 aliphatic heterocycles. The SMILES string of the molecule is CC(C)(CCCNc1cccc2cccnc12)[Si](C)(C)O. The van der Waals surface area contributed by atoms with Crippen molar-refractivity contribution in [3.05, 3.63) is 36.5 Å². The fourth-order valence-electron chi connectivity index (χ4n) is 2.31. The van der Waals surface area contributed by atoms with Crippen molar-refractivity contribution in [3.8, 4) is 0 Å². The summed E-state index contributed by atoms with van der Waals surface area (Å²) in [7, 11) is -2.10. The van der Waals surface area contributed by atoms with Gasteiger partial charge in [0.05, 0.1) is 11.2 Å². The number of rotatable bonds is 6. The molecule has 0 amide bonds. The van der Waals surface area contributed by atoms with Crippen molar-refractivity contribution in [3.63, 3.8) is 0 Å². The number of fused-ring (bicyclic) bond motifs is 1. The maximum atomic E-state index is 10.3. The first kappa shape index (κ1) is 16.0. The first-order valence-corrected chi connectivity index (χ1v) is 10.6. The number of nitrogens with one attached hydrogen (secondary N) is 1. The van der Waals surface area contributed by atoms with E-state index in [4.69, 9.17) is 0 Å². The molecule has 1 heterocycles. The van der Waals surface area contributed by atoms with Crippen molar-refractivity contribution in [2.24, 2.45) is 0 Å². The van der Waals surface area contributed by atoms with Gasteiger partial charge in [-0.2, -0.15) is 0 Å². The lowest BCUT2D eigenvalue weighted by molar-refractivity contribution is 0.446. The molecule has 0 aliphatic rings. The fraction of sp³-hybridized carbons (Fsp3) is 0.471. The summed E-state index contributed by atoms with van der Waals surface area (Å²) in [6.07, 6.45) is 3.91. The summed E-state index contributed by atoms with van der Waals surface area (Å²) in [6.45, 7) is 9.31. The molecule has 1 aromatic heterocycles. The van der Waals surface area contributed by atoms with Gasteiger partial charge in [-0.05, 0) is 43.1 Å². The summed E-state index contributed by atoms with van der Waals surface area (Å²) in [5.41, 5.74) is 2.11. The predicted octanol–water partition coefficient (Wildman–Crippen LogP) is 4.40. The maximum absolute atomic E-state index is 10.3. The third kappa shape index (κ3) is 3.83. The predicted molar refractivity (Wildman–Crippen MR) is 93.2 cm³/mol. The van der Waals surface area contributed by atoms with Crippen LogP contribution in [0.1, 0.15) is 26.7 Å². The highest BCUT2D eigenvalue weighted by molar-refractivity contribution is 6.72. The number of hydrogen-bond acceptors (Lipinski definition) is 3. The second-order valence-electron chi connectivity index (χ2n) is 6.85. The quantitative estimate of drug-likeness (QED) is 0.614. The molecule has 0 saturated heterocycles. The summed E-state index contributed by atoms with van der Waals surface area (Å²) in [6, 6.07) is 10.3. The van der Waals surface area contributed by atoms with Crippen LogP contribution in [0, 0.1) is 0 Å². The van der Waals surface area contributed by atoms with Crippen molar-refractivity contribution in [1.82, 2.24) is 4.98 Å². The molecule has 0 saturated carbocycles. The minimum absolute atomic E-state index is 0.0473. The monoisotopic (exact) mass is 302 g/mol. The molecule has 2 aromatic rings. The highest BCUT2D eigenvalue weighted by atomic mass is 28.4. The van der Waals surface area contributed by atoms with Crippen molar-refractivity contribution in [2.75, 3.05) is 11.9 Å². The Bertz CT molecular complexity index is 600. The van der Waals surface area contributed by atoms with Crippen LogP contribution < -0.4 is 5.32 Å². The number of benzene rings is 1. The Balaban J connectivity index is 1.95. The molecule has 0 radical (unpaired) electrons. The summed E-state index contributed by atoms with van der Waals surface area (Å²) in [4.78, 5) is 14.8. The Morgan fingerprint density at radius 3 is 2.62 bits per heavy atom. The first-order chi connectivity index (χ1) is 9.81. The summed E-state index contributed by atoms with van der Waals surface area (Å²) in [5.74, 6) is 0. The van der Waals surface area contributed by atoms with Gasteiger partial charge in [-0.1, -0.05) is 32.0 Å². The molecule has 2 N–H and O–H groups in total. The minimum atomic E-state index is -2.10. The summed E-state index contributed by atoms with van der Waals surface area (Å²) >= 11 is 0. The topological polar surface area (TPSA) is 45.2 Å². The van der Waals surface area contributed by atoms with E-state index < -0.39 is 8.32 Å².